The summed E-state index contributed by atoms with van der Waals surface area (Å²) in [6.07, 6.45) is 6.14. The second-order valence-corrected chi connectivity index (χ2v) is 10.1. The van der Waals surface area contributed by atoms with Crippen LogP contribution in [0.15, 0.2) is 60.9 Å². The van der Waals surface area contributed by atoms with Crippen LogP contribution in [0.4, 0.5) is 0 Å². The maximum absolute atomic E-state index is 4.66. The van der Waals surface area contributed by atoms with Crippen LogP contribution in [0.25, 0.3) is 21.8 Å². The monoisotopic (exact) mass is 424 g/mol. The normalized spacial score (nSPS) is 13.9. The van der Waals surface area contributed by atoms with Gasteiger partial charge < -0.3 is 0 Å². The maximum atomic E-state index is 4.66. The van der Waals surface area contributed by atoms with E-state index in [-0.39, 0.29) is 0 Å². The highest BCUT2D eigenvalue weighted by Gasteiger charge is 2.17. The lowest BCUT2D eigenvalue weighted by molar-refractivity contribution is 0.575. The number of hydrogen-bond acceptors (Lipinski definition) is 2. The number of aromatic nitrogens is 2. The smallest absolute Gasteiger partial charge is 0.0736 e. The van der Waals surface area contributed by atoms with Crippen molar-refractivity contribution >= 4 is 21.8 Å². The Bertz CT molecular complexity index is 1220. The van der Waals surface area contributed by atoms with Gasteiger partial charge in [0.15, 0.2) is 0 Å². The van der Waals surface area contributed by atoms with Crippen LogP contribution in [0.3, 0.4) is 0 Å². The minimum Gasteiger partial charge on any atom is -0.256 e. The molecular formula is C30H36N2. The molecule has 2 heteroatoms. The lowest BCUT2D eigenvalue weighted by atomic mass is 9.85. The van der Waals surface area contributed by atoms with Crippen LogP contribution >= 0.6 is 0 Å². The second kappa shape index (κ2) is 9.40. The van der Waals surface area contributed by atoms with E-state index < -0.39 is 0 Å². The van der Waals surface area contributed by atoms with Crippen LogP contribution in [-0.2, 0) is 0 Å². The molecule has 0 N–H and O–H groups in total. The molecule has 2 aromatic heterocycles. The standard InChI is InChI=1S/C30H36N2/c1-19(2)24-16-28(26-10-8-13-31-29(26)18-24)22(6)12-11-21(5)25-15-23-9-7-14-32-30(23)27(17-25)20(3)4/h7-10,13-22H,11-12H2,1-6H3. The molecule has 2 atom stereocenters. The minimum atomic E-state index is 0.469. The zero-order valence-electron chi connectivity index (χ0n) is 20.4. The van der Waals surface area contributed by atoms with Crippen molar-refractivity contribution in [3.63, 3.8) is 0 Å². The first-order valence-electron chi connectivity index (χ1n) is 12.1. The van der Waals surface area contributed by atoms with Crippen molar-refractivity contribution in [2.45, 2.75) is 78.1 Å². The van der Waals surface area contributed by atoms with Crippen LogP contribution in [0.5, 0.6) is 0 Å². The first kappa shape index (κ1) is 22.5. The topological polar surface area (TPSA) is 25.8 Å². The van der Waals surface area contributed by atoms with Gasteiger partial charge in [-0.2, -0.15) is 0 Å². The number of fused-ring (bicyclic) bond motifs is 2. The summed E-state index contributed by atoms with van der Waals surface area (Å²) in [4.78, 5) is 9.32. The molecule has 2 heterocycles. The molecule has 2 nitrogen and oxygen atoms in total. The largest absolute Gasteiger partial charge is 0.256 e. The van der Waals surface area contributed by atoms with Gasteiger partial charge >= 0.3 is 0 Å². The molecule has 0 fully saturated rings. The highest BCUT2D eigenvalue weighted by molar-refractivity contribution is 5.84. The zero-order chi connectivity index (χ0) is 22.8. The predicted octanol–water partition coefficient (Wildman–Crippen LogP) is 8.72. The average Bonchev–Trinajstić information content (AvgIpc) is 2.80. The zero-order valence-corrected chi connectivity index (χ0v) is 20.4. The van der Waals surface area contributed by atoms with Crippen molar-refractivity contribution in [1.82, 2.24) is 9.97 Å². The Morgan fingerprint density at radius 3 is 2.09 bits per heavy atom. The summed E-state index contributed by atoms with van der Waals surface area (Å²) in [7, 11) is 0. The number of benzene rings is 2. The van der Waals surface area contributed by atoms with Crippen molar-refractivity contribution < 1.29 is 0 Å². The van der Waals surface area contributed by atoms with Crippen LogP contribution in [0.2, 0.25) is 0 Å². The fourth-order valence-corrected chi connectivity index (χ4v) is 4.77. The first-order valence-corrected chi connectivity index (χ1v) is 12.1. The van der Waals surface area contributed by atoms with Gasteiger partial charge in [0.25, 0.3) is 0 Å². The van der Waals surface area contributed by atoms with Gasteiger partial charge in [0, 0.05) is 23.2 Å². The molecule has 4 aromatic rings. The second-order valence-electron chi connectivity index (χ2n) is 10.1. The molecule has 32 heavy (non-hydrogen) atoms. The van der Waals surface area contributed by atoms with Crippen LogP contribution in [0, 0.1) is 0 Å². The molecule has 0 radical (unpaired) electrons. The summed E-state index contributed by atoms with van der Waals surface area (Å²) in [5.41, 5.74) is 7.89. The lowest BCUT2D eigenvalue weighted by Gasteiger charge is -2.21. The molecule has 0 saturated carbocycles. The van der Waals surface area contributed by atoms with Crippen molar-refractivity contribution in [2.24, 2.45) is 0 Å². The summed E-state index contributed by atoms with van der Waals surface area (Å²) < 4.78 is 0. The SMILES string of the molecule is CC(C)c1cc(C(C)CCC(C)c2cc(C(C)C)c3ncccc3c2)c2cccnc2c1. The molecule has 2 aromatic carbocycles. The molecule has 0 bridgehead atoms. The van der Waals surface area contributed by atoms with Crippen molar-refractivity contribution in [2.75, 3.05) is 0 Å². The third-order valence-electron chi connectivity index (χ3n) is 6.95. The van der Waals surface area contributed by atoms with Gasteiger partial charge in [-0.05, 0) is 83.0 Å². The molecule has 2 unspecified atom stereocenters. The quantitative estimate of drug-likeness (QED) is 0.296. The molecule has 0 aliphatic carbocycles. The van der Waals surface area contributed by atoms with Gasteiger partial charge in [0.1, 0.15) is 0 Å². The average molecular weight is 425 g/mol. The van der Waals surface area contributed by atoms with Crippen LogP contribution < -0.4 is 0 Å². The fourth-order valence-electron chi connectivity index (χ4n) is 4.77. The molecule has 166 valence electrons. The Kier molecular flexibility index (Phi) is 6.60. The van der Waals surface area contributed by atoms with E-state index in [0.717, 1.165) is 23.9 Å². The molecule has 0 spiro atoms. The molecule has 4 rings (SSSR count). The Morgan fingerprint density at radius 2 is 1.34 bits per heavy atom. The molecule has 0 aliphatic heterocycles. The van der Waals surface area contributed by atoms with E-state index in [1.54, 1.807) is 0 Å². The van der Waals surface area contributed by atoms with Crippen molar-refractivity contribution in [1.29, 1.82) is 0 Å². The fraction of sp³-hybridized carbons (Fsp3) is 0.400. The van der Waals surface area contributed by atoms with E-state index in [1.807, 2.05) is 18.5 Å². The number of rotatable bonds is 7. The maximum Gasteiger partial charge on any atom is 0.0736 e. The van der Waals surface area contributed by atoms with Gasteiger partial charge in [0.05, 0.1) is 11.0 Å². The minimum absolute atomic E-state index is 0.469. The number of nitrogens with zero attached hydrogens (tertiary/aromatic N) is 2. The lowest BCUT2D eigenvalue weighted by Crippen LogP contribution is -2.03. The third-order valence-corrected chi connectivity index (χ3v) is 6.95. The van der Waals surface area contributed by atoms with E-state index >= 15 is 0 Å². The number of pyridine rings is 2. The van der Waals surface area contributed by atoms with Crippen molar-refractivity contribution in [3.05, 3.63) is 83.2 Å². The van der Waals surface area contributed by atoms with Gasteiger partial charge in [-0.25, -0.2) is 0 Å². The highest BCUT2D eigenvalue weighted by Crippen LogP contribution is 2.35. The van der Waals surface area contributed by atoms with Gasteiger partial charge in [-0.3, -0.25) is 9.97 Å². The van der Waals surface area contributed by atoms with E-state index in [0.29, 0.717) is 23.7 Å². The van der Waals surface area contributed by atoms with Crippen molar-refractivity contribution in [3.8, 4) is 0 Å². The molecule has 0 saturated heterocycles. The van der Waals surface area contributed by atoms with Gasteiger partial charge in [-0.15, -0.1) is 0 Å². The highest BCUT2D eigenvalue weighted by atomic mass is 14.7. The Hall–Kier alpha value is -2.74. The van der Waals surface area contributed by atoms with E-state index in [4.69, 9.17) is 0 Å². The molecule has 0 amide bonds. The van der Waals surface area contributed by atoms with Crippen LogP contribution in [-0.4, -0.2) is 9.97 Å². The summed E-state index contributed by atoms with van der Waals surface area (Å²) in [5, 5.41) is 2.56. The van der Waals surface area contributed by atoms with E-state index in [2.05, 4.69) is 94.0 Å². The summed E-state index contributed by atoms with van der Waals surface area (Å²) >= 11 is 0. The summed E-state index contributed by atoms with van der Waals surface area (Å²) in [6.45, 7) is 13.8. The Balaban J connectivity index is 1.59. The summed E-state index contributed by atoms with van der Waals surface area (Å²) in [6, 6.07) is 18.0. The summed E-state index contributed by atoms with van der Waals surface area (Å²) in [5.74, 6) is 1.98. The first-order chi connectivity index (χ1) is 15.3. The molecule has 0 aliphatic rings. The molecular weight excluding hydrogens is 388 g/mol. The van der Waals surface area contributed by atoms with Gasteiger partial charge in [-0.1, -0.05) is 65.8 Å². The van der Waals surface area contributed by atoms with Gasteiger partial charge in [0.2, 0.25) is 0 Å². The number of hydrogen-bond donors (Lipinski definition) is 0. The predicted molar refractivity (Wildman–Crippen MR) is 138 cm³/mol. The van der Waals surface area contributed by atoms with E-state index in [1.165, 1.54) is 33.0 Å². The van der Waals surface area contributed by atoms with E-state index in [9.17, 15) is 0 Å². The Morgan fingerprint density at radius 1 is 0.656 bits per heavy atom. The third kappa shape index (κ3) is 4.55. The van der Waals surface area contributed by atoms with Crippen LogP contribution in [0.1, 0.15) is 100 Å². The Labute approximate surface area is 193 Å².